The van der Waals surface area contributed by atoms with Gasteiger partial charge in [-0.25, -0.2) is 4.68 Å². The number of amides is 4. The molecule has 2 aromatic heterocycles. The number of aromatic nitrogens is 5. The van der Waals surface area contributed by atoms with Crippen LogP contribution >= 0.6 is 11.6 Å². The molecule has 0 saturated heterocycles. The first-order valence-electron chi connectivity index (χ1n) is 16.9. The minimum atomic E-state index is -1.38. The van der Waals surface area contributed by atoms with Gasteiger partial charge in [0, 0.05) is 56.8 Å². The molecule has 51 heavy (non-hydrogen) atoms. The monoisotopic (exact) mass is 727 g/mol. The fraction of sp³-hybridized carbons (Fsp3) is 0.529. The van der Waals surface area contributed by atoms with Crippen molar-refractivity contribution in [2.24, 2.45) is 5.92 Å². The van der Waals surface area contributed by atoms with Gasteiger partial charge in [0.25, 0.3) is 11.5 Å². The largest absolute Gasteiger partial charge is 0.492 e. The first kappa shape index (κ1) is 39.0. The van der Waals surface area contributed by atoms with E-state index >= 15 is 0 Å². The molecule has 4 N–H and O–H groups in total. The van der Waals surface area contributed by atoms with Crippen molar-refractivity contribution in [3.8, 4) is 5.75 Å². The van der Waals surface area contributed by atoms with E-state index in [0.29, 0.717) is 48.7 Å². The van der Waals surface area contributed by atoms with E-state index in [-0.39, 0.29) is 55.0 Å². The van der Waals surface area contributed by atoms with Crippen molar-refractivity contribution in [3.05, 3.63) is 68.4 Å². The van der Waals surface area contributed by atoms with Crippen LogP contribution in [0.15, 0.2) is 35.3 Å². The van der Waals surface area contributed by atoms with Crippen molar-refractivity contribution in [3.63, 3.8) is 0 Å². The van der Waals surface area contributed by atoms with Crippen LogP contribution in [0.4, 0.5) is 0 Å². The number of aliphatic hydroxyl groups is 1. The third-order valence-electron chi connectivity index (χ3n) is 8.35. The van der Waals surface area contributed by atoms with E-state index in [1.54, 1.807) is 30.8 Å². The zero-order valence-electron chi connectivity index (χ0n) is 29.5. The number of ether oxygens (including phenoxy) is 1. The van der Waals surface area contributed by atoms with Gasteiger partial charge in [-0.15, -0.1) is 5.10 Å². The van der Waals surface area contributed by atoms with Crippen molar-refractivity contribution in [1.29, 1.82) is 0 Å². The molecule has 4 amide bonds. The second kappa shape index (κ2) is 17.9. The molecule has 0 saturated carbocycles. The lowest BCUT2D eigenvalue weighted by molar-refractivity contribution is -0.133. The lowest BCUT2D eigenvalue weighted by atomic mass is 10.0. The van der Waals surface area contributed by atoms with Crippen molar-refractivity contribution in [2.45, 2.75) is 85.2 Å². The fourth-order valence-electron chi connectivity index (χ4n) is 5.39. The molecule has 2 aliphatic rings. The first-order valence-corrected chi connectivity index (χ1v) is 17.3. The molecular weight excluding hydrogens is 682 g/mol. The molecule has 17 heteroatoms. The highest BCUT2D eigenvalue weighted by atomic mass is 35.5. The Bertz CT molecular complexity index is 1770. The molecule has 16 nitrogen and oxygen atoms in total. The van der Waals surface area contributed by atoms with Crippen LogP contribution in [0.25, 0.3) is 0 Å². The highest BCUT2D eigenvalue weighted by molar-refractivity contribution is 6.32. The average molecular weight is 728 g/mol. The number of carbonyl (C=O) groups excluding carboxylic acids is 4. The Morgan fingerprint density at radius 2 is 1.82 bits per heavy atom. The summed E-state index contributed by atoms with van der Waals surface area (Å²) in [6.07, 6.45) is 1.65. The standard InChI is InChI=1S/C34H46ClN9O7/c1-20(2)15-27-33(49)36-10-13-42(30(47)19-44-29(46)16-21(3)22(4)40-44)12-9-25-18-43(41-39-25)11-6-14-51-28-8-7-24(17-26(28)35)32(48)38-31(23(5)45)34(50)37-27/h7-8,16-18,20,23,27,31,45H,6,9-15,19H2,1-5H3,(H,36,49)(H,37,50)(H,38,48)/t23-,27-,31+/m1/s1. The van der Waals surface area contributed by atoms with Gasteiger partial charge in [-0.1, -0.05) is 30.7 Å². The van der Waals surface area contributed by atoms with E-state index in [1.807, 2.05) is 13.8 Å². The number of rotatable bonds is 5. The van der Waals surface area contributed by atoms with Crippen molar-refractivity contribution >= 4 is 35.2 Å². The van der Waals surface area contributed by atoms with E-state index in [1.165, 1.54) is 30.0 Å². The number of nitrogens with one attached hydrogen (secondary N) is 3. The van der Waals surface area contributed by atoms with Gasteiger partial charge in [0.1, 0.15) is 24.4 Å². The molecule has 276 valence electrons. The van der Waals surface area contributed by atoms with Gasteiger partial charge in [0.2, 0.25) is 17.7 Å². The van der Waals surface area contributed by atoms with Crippen LogP contribution in [0.3, 0.4) is 0 Å². The normalized spacial score (nSPS) is 19.1. The zero-order chi connectivity index (χ0) is 37.2. The lowest BCUT2D eigenvalue weighted by Gasteiger charge is -2.26. The molecule has 4 heterocycles. The third kappa shape index (κ3) is 11.1. The Balaban J connectivity index is 1.58. The van der Waals surface area contributed by atoms with Gasteiger partial charge in [-0.3, -0.25) is 28.7 Å². The summed E-state index contributed by atoms with van der Waals surface area (Å²) < 4.78 is 8.59. The minimum Gasteiger partial charge on any atom is -0.492 e. The number of carbonyl (C=O) groups is 4. The number of halogens is 1. The topological polar surface area (TPSA) is 203 Å². The van der Waals surface area contributed by atoms with Crippen molar-refractivity contribution in [1.82, 2.24) is 45.6 Å². The number of hydrogen-bond acceptors (Lipinski definition) is 10. The smallest absolute Gasteiger partial charge is 0.267 e. The molecule has 5 rings (SSSR count). The van der Waals surface area contributed by atoms with Crippen LogP contribution in [0.5, 0.6) is 5.75 Å². The summed E-state index contributed by atoms with van der Waals surface area (Å²) in [5.41, 5.74) is 1.71. The zero-order valence-corrected chi connectivity index (χ0v) is 30.3. The highest BCUT2D eigenvalue weighted by Crippen LogP contribution is 2.26. The lowest BCUT2D eigenvalue weighted by Crippen LogP contribution is -2.57. The van der Waals surface area contributed by atoms with Crippen LogP contribution in [-0.4, -0.2) is 103 Å². The van der Waals surface area contributed by atoms with Crippen LogP contribution in [0, 0.1) is 19.8 Å². The number of benzene rings is 1. The number of hydrogen-bond donors (Lipinski definition) is 4. The first-order chi connectivity index (χ1) is 24.2. The van der Waals surface area contributed by atoms with E-state index in [2.05, 4.69) is 31.4 Å². The molecule has 0 aliphatic carbocycles. The van der Waals surface area contributed by atoms with E-state index < -0.39 is 41.5 Å². The highest BCUT2D eigenvalue weighted by Gasteiger charge is 2.31. The van der Waals surface area contributed by atoms with Crippen LogP contribution in [-0.2, 0) is 33.9 Å². The second-order valence-electron chi connectivity index (χ2n) is 13.0. The summed E-state index contributed by atoms with van der Waals surface area (Å²) in [6.45, 7) is 9.46. The maximum Gasteiger partial charge on any atom is 0.267 e. The van der Waals surface area contributed by atoms with E-state index in [4.69, 9.17) is 16.3 Å². The summed E-state index contributed by atoms with van der Waals surface area (Å²) in [7, 11) is 0. The number of fused-ring (bicyclic) bond motifs is 17. The Morgan fingerprint density at radius 3 is 2.53 bits per heavy atom. The third-order valence-corrected chi connectivity index (χ3v) is 8.65. The summed E-state index contributed by atoms with van der Waals surface area (Å²) >= 11 is 6.40. The van der Waals surface area contributed by atoms with Gasteiger partial charge in [-0.2, -0.15) is 5.10 Å². The van der Waals surface area contributed by atoms with Crippen LogP contribution in [0.2, 0.25) is 5.02 Å². The van der Waals surface area contributed by atoms with Crippen LogP contribution in [0.1, 0.15) is 60.9 Å². The summed E-state index contributed by atoms with van der Waals surface area (Å²) in [5, 5.41) is 31.3. The molecule has 3 atom stereocenters. The van der Waals surface area contributed by atoms with Crippen molar-refractivity contribution in [2.75, 3.05) is 26.2 Å². The number of aliphatic hydroxyl groups excluding tert-OH is 1. The Labute approximate surface area is 300 Å². The van der Waals surface area contributed by atoms with E-state index in [9.17, 15) is 29.1 Å². The Hall–Kier alpha value is -4.83. The molecule has 0 spiro atoms. The van der Waals surface area contributed by atoms with Gasteiger partial charge in [0.05, 0.1) is 29.1 Å². The fourth-order valence-corrected chi connectivity index (χ4v) is 5.62. The van der Waals surface area contributed by atoms with E-state index in [0.717, 1.165) is 4.68 Å². The number of nitrogens with zero attached hydrogens (tertiary/aromatic N) is 6. The molecular formula is C34H46ClN9O7. The predicted octanol–water partition coefficient (Wildman–Crippen LogP) is 0.785. The van der Waals surface area contributed by atoms with Gasteiger partial charge in [-0.05, 0) is 56.9 Å². The average Bonchev–Trinajstić information content (AvgIpc) is 3.52. The molecule has 2 aliphatic heterocycles. The quantitative estimate of drug-likeness (QED) is 0.272. The van der Waals surface area contributed by atoms with Gasteiger partial charge >= 0.3 is 0 Å². The van der Waals surface area contributed by atoms with Gasteiger partial charge in [0.15, 0.2) is 0 Å². The predicted molar refractivity (Wildman–Crippen MR) is 187 cm³/mol. The SMILES string of the molecule is Cc1cc(=O)n(CC(=O)N2CCNC(=O)[C@@H](CC(C)C)NC(=O)[C@H]([C@@H](C)O)NC(=O)c3ccc(c(Cl)c3)OCCCn3cc(nn3)CC2)nc1C. The summed E-state index contributed by atoms with van der Waals surface area (Å²) in [4.78, 5) is 67.6. The molecule has 0 unspecified atom stereocenters. The van der Waals surface area contributed by atoms with Crippen molar-refractivity contribution < 1.29 is 29.0 Å². The maximum absolute atomic E-state index is 13.5. The second-order valence-corrected chi connectivity index (χ2v) is 13.4. The Morgan fingerprint density at radius 1 is 1.06 bits per heavy atom. The van der Waals surface area contributed by atoms with Crippen LogP contribution < -0.4 is 26.2 Å². The Kier molecular flexibility index (Phi) is 13.7. The molecule has 4 bridgehead atoms. The molecule has 3 aromatic rings. The molecule has 0 fully saturated rings. The summed E-state index contributed by atoms with van der Waals surface area (Å²) in [5.74, 6) is -1.96. The molecule has 0 radical (unpaired) electrons. The summed E-state index contributed by atoms with van der Waals surface area (Å²) in [6, 6.07) is 3.48. The molecule has 1 aromatic carbocycles. The number of aryl methyl sites for hydroxylation is 3. The maximum atomic E-state index is 13.5. The van der Waals surface area contributed by atoms with Gasteiger partial charge < -0.3 is 30.7 Å². The minimum absolute atomic E-state index is 0.00868.